The van der Waals surface area contributed by atoms with E-state index >= 15 is 0 Å². The molecule has 0 fully saturated rings. The summed E-state index contributed by atoms with van der Waals surface area (Å²) < 4.78 is 10.8. The molecule has 0 aliphatic carbocycles. The van der Waals surface area contributed by atoms with Crippen LogP contribution in [0.15, 0.2) is 54.6 Å². The van der Waals surface area contributed by atoms with Crippen molar-refractivity contribution in [3.63, 3.8) is 0 Å². The Morgan fingerprint density at radius 1 is 1.04 bits per heavy atom. The Balaban J connectivity index is 1.49. The fraction of sp³-hybridized carbons (Fsp3) is 0.263. The molecule has 1 heterocycles. The molecule has 1 aromatic heterocycles. The van der Waals surface area contributed by atoms with Crippen LogP contribution in [0.3, 0.4) is 0 Å². The monoisotopic (exact) mass is 352 g/mol. The van der Waals surface area contributed by atoms with E-state index in [9.17, 15) is 4.79 Å². The zero-order valence-electron chi connectivity index (χ0n) is 14.5. The van der Waals surface area contributed by atoms with E-state index in [-0.39, 0.29) is 12.4 Å². The van der Waals surface area contributed by atoms with Crippen LogP contribution in [0.5, 0.6) is 11.5 Å². The largest absolute Gasteiger partial charge is 0.490 e. The Bertz CT molecular complexity index is 849. The predicted octanol–water partition coefficient (Wildman–Crippen LogP) is 3.12. The second-order valence-electron chi connectivity index (χ2n) is 5.53. The summed E-state index contributed by atoms with van der Waals surface area (Å²) in [5, 5.41) is 12.4. The van der Waals surface area contributed by atoms with Gasteiger partial charge in [-0.25, -0.2) is 0 Å². The number of rotatable bonds is 8. The summed E-state index contributed by atoms with van der Waals surface area (Å²) in [6, 6.07) is 16.8. The molecule has 0 aliphatic rings. The van der Waals surface area contributed by atoms with Gasteiger partial charge < -0.3 is 9.47 Å². The number of aryl methyl sites for hydroxylation is 1. The summed E-state index contributed by atoms with van der Waals surface area (Å²) in [6.45, 7) is 2.88. The lowest BCUT2D eigenvalue weighted by atomic mass is 10.2. The summed E-state index contributed by atoms with van der Waals surface area (Å²) in [5.41, 5.74) is 0.908. The lowest BCUT2D eigenvalue weighted by Gasteiger charge is -2.09. The number of hydrogen-bond acceptors (Lipinski definition) is 6. The van der Waals surface area contributed by atoms with E-state index in [2.05, 4.69) is 15.4 Å². The maximum absolute atomic E-state index is 12.0. The minimum Gasteiger partial charge on any atom is -0.490 e. The van der Waals surface area contributed by atoms with E-state index in [1.54, 1.807) is 18.2 Å². The molecule has 0 aliphatic heterocycles. The summed E-state index contributed by atoms with van der Waals surface area (Å²) in [4.78, 5) is 13.5. The molecule has 134 valence electrons. The number of aromatic nitrogens is 4. The first-order chi connectivity index (χ1) is 12.8. The SMILES string of the molecule is CCOc1ccccc1OC(=O)CCCn1nnc(-c2ccccc2)n1. The average molecular weight is 352 g/mol. The lowest BCUT2D eigenvalue weighted by molar-refractivity contribution is -0.134. The Labute approximate surface area is 151 Å². The van der Waals surface area contributed by atoms with E-state index in [0.717, 1.165) is 5.56 Å². The fourth-order valence-corrected chi connectivity index (χ4v) is 2.39. The molecule has 3 rings (SSSR count). The number of tetrazole rings is 1. The summed E-state index contributed by atoms with van der Waals surface area (Å²) in [7, 11) is 0. The smallest absolute Gasteiger partial charge is 0.311 e. The van der Waals surface area contributed by atoms with Crippen LogP contribution >= 0.6 is 0 Å². The molecule has 0 atom stereocenters. The second kappa shape index (κ2) is 8.75. The highest BCUT2D eigenvalue weighted by molar-refractivity contribution is 5.73. The first kappa shape index (κ1) is 17.6. The summed E-state index contributed by atoms with van der Waals surface area (Å²) in [6.07, 6.45) is 0.808. The Hall–Kier alpha value is -3.22. The van der Waals surface area contributed by atoms with Gasteiger partial charge in [-0.1, -0.05) is 42.5 Å². The van der Waals surface area contributed by atoms with Crippen molar-refractivity contribution < 1.29 is 14.3 Å². The number of para-hydroxylation sites is 2. The van der Waals surface area contributed by atoms with Gasteiger partial charge in [-0.15, -0.1) is 10.2 Å². The molecule has 0 radical (unpaired) electrons. The molecule has 7 heteroatoms. The van der Waals surface area contributed by atoms with Gasteiger partial charge in [0.1, 0.15) is 0 Å². The van der Waals surface area contributed by atoms with Gasteiger partial charge in [-0.2, -0.15) is 4.80 Å². The van der Waals surface area contributed by atoms with Crippen LogP contribution in [0.25, 0.3) is 11.4 Å². The number of benzene rings is 2. The third-order valence-electron chi connectivity index (χ3n) is 3.60. The molecular formula is C19H20N4O3. The Morgan fingerprint density at radius 2 is 1.77 bits per heavy atom. The second-order valence-corrected chi connectivity index (χ2v) is 5.53. The van der Waals surface area contributed by atoms with Gasteiger partial charge in [0.2, 0.25) is 5.82 Å². The van der Waals surface area contributed by atoms with Crippen molar-refractivity contribution in [1.29, 1.82) is 0 Å². The van der Waals surface area contributed by atoms with Gasteiger partial charge in [-0.05, 0) is 30.7 Å². The topological polar surface area (TPSA) is 79.1 Å². The van der Waals surface area contributed by atoms with E-state index in [1.165, 1.54) is 4.80 Å². The molecule has 0 N–H and O–H groups in total. The van der Waals surface area contributed by atoms with Crippen LogP contribution in [0.1, 0.15) is 19.8 Å². The number of esters is 1. The van der Waals surface area contributed by atoms with Crippen molar-refractivity contribution in [1.82, 2.24) is 20.2 Å². The maximum Gasteiger partial charge on any atom is 0.311 e. The van der Waals surface area contributed by atoms with Gasteiger partial charge in [-0.3, -0.25) is 4.79 Å². The van der Waals surface area contributed by atoms with Gasteiger partial charge >= 0.3 is 5.97 Å². The van der Waals surface area contributed by atoms with Crippen molar-refractivity contribution in [2.75, 3.05) is 6.61 Å². The van der Waals surface area contributed by atoms with Gasteiger partial charge in [0, 0.05) is 12.0 Å². The van der Waals surface area contributed by atoms with Crippen molar-refractivity contribution >= 4 is 5.97 Å². The Kier molecular flexibility index (Phi) is 5.92. The predicted molar refractivity (Wildman–Crippen MR) is 95.7 cm³/mol. The van der Waals surface area contributed by atoms with Crippen molar-refractivity contribution in [3.8, 4) is 22.9 Å². The minimum atomic E-state index is -0.319. The number of nitrogens with zero attached hydrogens (tertiary/aromatic N) is 4. The lowest BCUT2D eigenvalue weighted by Crippen LogP contribution is -2.11. The van der Waals surface area contributed by atoms with Crippen molar-refractivity contribution in [3.05, 3.63) is 54.6 Å². The molecule has 0 spiro atoms. The maximum atomic E-state index is 12.0. The fourth-order valence-electron chi connectivity index (χ4n) is 2.39. The zero-order chi connectivity index (χ0) is 18.2. The minimum absolute atomic E-state index is 0.253. The quantitative estimate of drug-likeness (QED) is 0.458. The third-order valence-corrected chi connectivity index (χ3v) is 3.60. The number of hydrogen-bond donors (Lipinski definition) is 0. The third kappa shape index (κ3) is 4.66. The van der Waals surface area contributed by atoms with E-state index in [1.807, 2.05) is 43.3 Å². The van der Waals surface area contributed by atoms with Crippen LogP contribution < -0.4 is 9.47 Å². The number of carbonyl (C=O) groups excluding carboxylic acids is 1. The van der Waals surface area contributed by atoms with Gasteiger partial charge in [0.05, 0.1) is 13.2 Å². The molecule has 2 aromatic carbocycles. The van der Waals surface area contributed by atoms with Crippen LogP contribution in [0, 0.1) is 0 Å². The zero-order valence-corrected chi connectivity index (χ0v) is 14.5. The first-order valence-corrected chi connectivity index (χ1v) is 8.52. The van der Waals surface area contributed by atoms with Gasteiger partial charge in [0.25, 0.3) is 0 Å². The molecule has 7 nitrogen and oxygen atoms in total. The molecule has 26 heavy (non-hydrogen) atoms. The molecule has 3 aromatic rings. The first-order valence-electron chi connectivity index (χ1n) is 8.52. The van der Waals surface area contributed by atoms with Crippen LogP contribution in [-0.2, 0) is 11.3 Å². The Morgan fingerprint density at radius 3 is 2.54 bits per heavy atom. The van der Waals surface area contributed by atoms with E-state index < -0.39 is 0 Å². The van der Waals surface area contributed by atoms with Crippen molar-refractivity contribution in [2.24, 2.45) is 0 Å². The number of ether oxygens (including phenoxy) is 2. The van der Waals surface area contributed by atoms with Gasteiger partial charge in [0.15, 0.2) is 11.5 Å². The summed E-state index contributed by atoms with van der Waals surface area (Å²) >= 11 is 0. The van der Waals surface area contributed by atoms with Crippen LogP contribution in [-0.4, -0.2) is 32.8 Å². The highest BCUT2D eigenvalue weighted by Gasteiger charge is 2.11. The van der Waals surface area contributed by atoms with Crippen LogP contribution in [0.4, 0.5) is 0 Å². The molecule has 0 saturated heterocycles. The van der Waals surface area contributed by atoms with Crippen LogP contribution in [0.2, 0.25) is 0 Å². The molecule has 0 unspecified atom stereocenters. The normalized spacial score (nSPS) is 10.5. The molecule has 0 amide bonds. The molecule has 0 bridgehead atoms. The van der Waals surface area contributed by atoms with Crippen molar-refractivity contribution in [2.45, 2.75) is 26.3 Å². The average Bonchev–Trinajstić information content (AvgIpc) is 3.13. The molecule has 0 saturated carbocycles. The number of carbonyl (C=O) groups is 1. The highest BCUT2D eigenvalue weighted by Crippen LogP contribution is 2.26. The highest BCUT2D eigenvalue weighted by atomic mass is 16.6. The molecular weight excluding hydrogens is 332 g/mol. The van der Waals surface area contributed by atoms with E-state index in [0.29, 0.717) is 36.9 Å². The van der Waals surface area contributed by atoms with E-state index in [4.69, 9.17) is 9.47 Å². The standard InChI is InChI=1S/C19H20N4O3/c1-2-25-16-11-6-7-12-17(16)26-18(24)13-8-14-23-21-19(20-22-23)15-9-4-3-5-10-15/h3-7,9-12H,2,8,13-14H2,1H3. The summed E-state index contributed by atoms with van der Waals surface area (Å²) in [5.74, 6) is 1.25.